The average Bonchev–Trinajstić information content (AvgIpc) is 3.32. The molecule has 3 N–H and O–H groups in total. The summed E-state index contributed by atoms with van der Waals surface area (Å²) < 4.78 is 14.2. The van der Waals surface area contributed by atoms with Crippen LogP contribution in [0, 0.1) is 6.92 Å². The third-order valence-corrected chi connectivity index (χ3v) is 6.55. The lowest BCUT2D eigenvalue weighted by molar-refractivity contribution is -0.121. The molecule has 5 rings (SSSR count). The summed E-state index contributed by atoms with van der Waals surface area (Å²) in [6.07, 6.45) is 5.00. The Morgan fingerprint density at radius 2 is 1.94 bits per heavy atom. The zero-order valence-electron chi connectivity index (χ0n) is 20.5. The van der Waals surface area contributed by atoms with E-state index in [-0.39, 0.29) is 18.6 Å². The minimum absolute atomic E-state index is 0.0385. The summed E-state index contributed by atoms with van der Waals surface area (Å²) in [4.78, 5) is 32.8. The first kappa shape index (κ1) is 23.1. The first-order valence-electron chi connectivity index (χ1n) is 11.7. The maximum atomic E-state index is 14.2. The number of rotatable bonds is 6. The Morgan fingerprint density at radius 3 is 2.63 bits per heavy atom. The SMILES string of the molecule is CCN1c2ncnc(-c3ccc4c(c3)C(C)(NCC(C)(C)F)C(=O)N4)c2NC1c1cnc(C)nc1. The van der Waals surface area contributed by atoms with Gasteiger partial charge >= 0.3 is 0 Å². The number of nitrogens with one attached hydrogen (secondary N) is 3. The van der Waals surface area contributed by atoms with Gasteiger partial charge in [-0.25, -0.2) is 24.3 Å². The van der Waals surface area contributed by atoms with E-state index in [1.165, 1.54) is 13.8 Å². The molecule has 2 aliphatic rings. The van der Waals surface area contributed by atoms with E-state index in [9.17, 15) is 9.18 Å². The van der Waals surface area contributed by atoms with Crippen LogP contribution in [0.1, 0.15) is 50.8 Å². The van der Waals surface area contributed by atoms with Crippen molar-refractivity contribution in [3.8, 4) is 11.3 Å². The van der Waals surface area contributed by atoms with Crippen LogP contribution >= 0.6 is 0 Å². The molecule has 182 valence electrons. The van der Waals surface area contributed by atoms with Crippen molar-refractivity contribution in [2.75, 3.05) is 28.6 Å². The van der Waals surface area contributed by atoms with Crippen LogP contribution in [0.15, 0.2) is 36.9 Å². The second-order valence-corrected chi connectivity index (χ2v) is 9.73. The number of nitrogens with zero attached hydrogens (tertiary/aromatic N) is 5. The summed E-state index contributed by atoms with van der Waals surface area (Å²) in [5.41, 5.74) is 2.22. The smallest absolute Gasteiger partial charge is 0.249 e. The number of hydrogen-bond acceptors (Lipinski definition) is 8. The predicted octanol–water partition coefficient (Wildman–Crippen LogP) is 3.70. The fourth-order valence-corrected chi connectivity index (χ4v) is 4.57. The minimum Gasteiger partial charge on any atom is -0.357 e. The van der Waals surface area contributed by atoms with Gasteiger partial charge in [0.05, 0.1) is 5.69 Å². The van der Waals surface area contributed by atoms with Gasteiger partial charge in [0.1, 0.15) is 35.2 Å². The molecule has 2 aliphatic heterocycles. The van der Waals surface area contributed by atoms with Gasteiger partial charge in [0, 0.05) is 47.9 Å². The van der Waals surface area contributed by atoms with Gasteiger partial charge in [-0.15, -0.1) is 0 Å². The third kappa shape index (κ3) is 3.97. The van der Waals surface area contributed by atoms with Gasteiger partial charge < -0.3 is 15.5 Å². The van der Waals surface area contributed by atoms with E-state index in [1.807, 2.05) is 37.5 Å². The molecule has 0 fully saturated rings. The Labute approximate surface area is 203 Å². The minimum atomic E-state index is -1.46. The van der Waals surface area contributed by atoms with Crippen LogP contribution in [0.4, 0.5) is 21.6 Å². The number of amides is 1. The zero-order chi connectivity index (χ0) is 25.0. The highest BCUT2D eigenvalue weighted by Crippen LogP contribution is 2.45. The Hall–Kier alpha value is -3.66. The molecule has 0 radical (unpaired) electrons. The largest absolute Gasteiger partial charge is 0.357 e. The molecule has 2 atom stereocenters. The lowest BCUT2D eigenvalue weighted by atomic mass is 9.90. The number of aromatic nitrogens is 4. The van der Waals surface area contributed by atoms with Crippen LogP contribution in [0.2, 0.25) is 0 Å². The van der Waals surface area contributed by atoms with E-state index in [0.717, 1.165) is 40.4 Å². The van der Waals surface area contributed by atoms with Gasteiger partial charge in [0.2, 0.25) is 5.91 Å². The number of benzene rings is 1. The van der Waals surface area contributed by atoms with Crippen LogP contribution in [0.3, 0.4) is 0 Å². The van der Waals surface area contributed by atoms with Crippen LogP contribution in [0.5, 0.6) is 0 Å². The van der Waals surface area contributed by atoms with Crippen LogP contribution < -0.4 is 20.9 Å². The number of carbonyl (C=O) groups is 1. The molecule has 2 aromatic heterocycles. The second kappa shape index (κ2) is 8.23. The second-order valence-electron chi connectivity index (χ2n) is 9.73. The molecule has 35 heavy (non-hydrogen) atoms. The van der Waals surface area contributed by atoms with Crippen LogP contribution in [0.25, 0.3) is 11.3 Å². The standard InChI is InChI=1S/C25H29FN8O/c1-6-34-21(16-10-27-14(2)28-11-16)33-20-19(29-13-30-22(20)34)15-7-8-18-17(9-15)25(5,23(35)32-18)31-12-24(3,4)26/h7-11,13,21,31,33H,6,12H2,1-5H3,(H,32,35). The molecule has 1 aromatic carbocycles. The monoisotopic (exact) mass is 476 g/mol. The van der Waals surface area contributed by atoms with Crippen molar-refractivity contribution in [2.24, 2.45) is 0 Å². The molecule has 0 saturated heterocycles. The first-order valence-corrected chi connectivity index (χ1v) is 11.7. The van der Waals surface area contributed by atoms with Crippen LogP contribution in [-0.2, 0) is 10.3 Å². The third-order valence-electron chi connectivity index (χ3n) is 6.55. The first-order chi connectivity index (χ1) is 16.6. The average molecular weight is 477 g/mol. The van der Waals surface area contributed by atoms with Crippen molar-refractivity contribution in [3.63, 3.8) is 0 Å². The fourth-order valence-electron chi connectivity index (χ4n) is 4.57. The maximum absolute atomic E-state index is 14.2. The molecule has 0 bridgehead atoms. The normalized spacial score (nSPS) is 20.9. The Bertz CT molecular complexity index is 1290. The maximum Gasteiger partial charge on any atom is 0.249 e. The van der Waals surface area contributed by atoms with Gasteiger partial charge in [-0.3, -0.25) is 10.1 Å². The van der Waals surface area contributed by atoms with E-state index >= 15 is 0 Å². The highest BCUT2D eigenvalue weighted by atomic mass is 19.1. The molecular weight excluding hydrogens is 447 g/mol. The molecule has 3 aromatic rings. The topological polar surface area (TPSA) is 108 Å². The molecule has 0 saturated carbocycles. The van der Waals surface area contributed by atoms with E-state index in [0.29, 0.717) is 11.5 Å². The van der Waals surface area contributed by atoms with Crippen molar-refractivity contribution in [2.45, 2.75) is 52.0 Å². The molecule has 9 nitrogen and oxygen atoms in total. The van der Waals surface area contributed by atoms with Gasteiger partial charge in [-0.05, 0) is 46.8 Å². The Kier molecular flexibility index (Phi) is 5.43. The molecule has 0 aliphatic carbocycles. The number of aryl methyl sites for hydroxylation is 1. The lowest BCUT2D eigenvalue weighted by Gasteiger charge is -2.27. The summed E-state index contributed by atoms with van der Waals surface area (Å²) >= 11 is 0. The summed E-state index contributed by atoms with van der Waals surface area (Å²) in [6, 6.07) is 5.73. The van der Waals surface area contributed by atoms with E-state index < -0.39 is 11.2 Å². The highest BCUT2D eigenvalue weighted by Gasteiger charge is 2.44. The molecule has 10 heteroatoms. The fraction of sp³-hybridized carbons (Fsp3) is 0.400. The van der Waals surface area contributed by atoms with Crippen molar-refractivity contribution in [1.82, 2.24) is 25.3 Å². The predicted molar refractivity (Wildman–Crippen MR) is 133 cm³/mol. The van der Waals surface area contributed by atoms with E-state index in [2.05, 4.69) is 47.7 Å². The summed E-state index contributed by atoms with van der Waals surface area (Å²) in [6.45, 7) is 9.42. The van der Waals surface area contributed by atoms with Gasteiger partial charge in [-0.2, -0.15) is 0 Å². The summed E-state index contributed by atoms with van der Waals surface area (Å²) in [7, 11) is 0. The highest BCUT2D eigenvalue weighted by molar-refractivity contribution is 6.06. The summed E-state index contributed by atoms with van der Waals surface area (Å²) in [5, 5.41) is 9.59. The number of halogens is 1. The van der Waals surface area contributed by atoms with Gasteiger partial charge in [-0.1, -0.05) is 6.07 Å². The number of anilines is 3. The van der Waals surface area contributed by atoms with Gasteiger partial charge in [0.15, 0.2) is 5.82 Å². The number of fused-ring (bicyclic) bond motifs is 2. The number of alkyl halides is 1. The number of carbonyl (C=O) groups excluding carboxylic acids is 1. The molecule has 1 amide bonds. The Balaban J connectivity index is 1.54. The molecule has 4 heterocycles. The van der Waals surface area contributed by atoms with Crippen molar-refractivity contribution < 1.29 is 9.18 Å². The molecular formula is C25H29FN8O. The summed E-state index contributed by atoms with van der Waals surface area (Å²) in [5.74, 6) is 1.29. The lowest BCUT2D eigenvalue weighted by Crippen LogP contribution is -2.49. The number of hydrogen-bond donors (Lipinski definition) is 3. The molecule has 2 unspecified atom stereocenters. The van der Waals surface area contributed by atoms with Crippen molar-refractivity contribution in [3.05, 3.63) is 53.9 Å². The van der Waals surface area contributed by atoms with Gasteiger partial charge in [0.25, 0.3) is 0 Å². The zero-order valence-corrected chi connectivity index (χ0v) is 20.5. The molecule has 0 spiro atoms. The quantitative estimate of drug-likeness (QED) is 0.494. The van der Waals surface area contributed by atoms with E-state index in [1.54, 1.807) is 13.3 Å². The van der Waals surface area contributed by atoms with E-state index in [4.69, 9.17) is 0 Å². The van der Waals surface area contributed by atoms with Crippen LogP contribution in [-0.4, -0.2) is 44.6 Å². The van der Waals surface area contributed by atoms with Crippen molar-refractivity contribution in [1.29, 1.82) is 0 Å². The Morgan fingerprint density at radius 1 is 1.20 bits per heavy atom. The van der Waals surface area contributed by atoms with Crippen molar-refractivity contribution >= 4 is 23.1 Å².